The highest BCUT2D eigenvalue weighted by Crippen LogP contribution is 2.17. The van der Waals surface area contributed by atoms with E-state index in [1.165, 1.54) is 47.4 Å². The van der Waals surface area contributed by atoms with E-state index in [0.717, 1.165) is 0 Å². The molecule has 2 heterocycles. The first kappa shape index (κ1) is 21.8. The van der Waals surface area contributed by atoms with Crippen LogP contribution in [0.5, 0.6) is 0 Å². The number of nitrogens with one attached hydrogen (secondary N) is 2. The van der Waals surface area contributed by atoms with Crippen LogP contribution in [0.15, 0.2) is 88.8 Å². The number of carbonyl (C=O) groups excluding carboxylic acids is 1. The van der Waals surface area contributed by atoms with Gasteiger partial charge in [-0.1, -0.05) is 18.2 Å². The number of sulfonamides is 1. The second kappa shape index (κ2) is 9.01. The Morgan fingerprint density at radius 2 is 1.70 bits per heavy atom. The van der Waals surface area contributed by atoms with E-state index in [1.54, 1.807) is 25.1 Å². The molecule has 10 nitrogen and oxygen atoms in total. The molecule has 1 amide bonds. The molecule has 4 aromatic rings. The van der Waals surface area contributed by atoms with Gasteiger partial charge in [0.1, 0.15) is 0 Å². The van der Waals surface area contributed by atoms with Crippen LogP contribution in [0.25, 0.3) is 5.69 Å². The molecule has 2 N–H and O–H groups in total. The number of nitrogens with zero attached hydrogens (tertiary/aromatic N) is 4. The molecule has 0 aliphatic rings. The fraction of sp³-hybridized carbons (Fsp3) is 0.0455. The summed E-state index contributed by atoms with van der Waals surface area (Å²) < 4.78 is 28.8. The van der Waals surface area contributed by atoms with Gasteiger partial charge in [-0.2, -0.15) is 5.10 Å². The number of hydrogen-bond acceptors (Lipinski definition) is 7. The molecule has 2 aromatic carbocycles. The van der Waals surface area contributed by atoms with Gasteiger partial charge in [0.15, 0.2) is 5.69 Å². The fourth-order valence-corrected chi connectivity index (χ4v) is 3.83. The maximum atomic E-state index is 12.6. The van der Waals surface area contributed by atoms with Gasteiger partial charge in [0, 0.05) is 29.8 Å². The van der Waals surface area contributed by atoms with E-state index in [4.69, 9.17) is 0 Å². The van der Waals surface area contributed by atoms with Crippen LogP contribution in [0.1, 0.15) is 16.2 Å². The van der Waals surface area contributed by atoms with Crippen LogP contribution >= 0.6 is 0 Å². The minimum Gasteiger partial charge on any atom is -0.320 e. The molecule has 0 saturated heterocycles. The van der Waals surface area contributed by atoms with Crippen LogP contribution in [0.2, 0.25) is 0 Å². The highest BCUT2D eigenvalue weighted by molar-refractivity contribution is 7.92. The monoisotopic (exact) mass is 462 g/mol. The second-order valence-corrected chi connectivity index (χ2v) is 8.60. The molecule has 0 aliphatic heterocycles. The summed E-state index contributed by atoms with van der Waals surface area (Å²) in [4.78, 5) is 32.7. The zero-order chi connectivity index (χ0) is 23.4. The third-order valence-electron chi connectivity index (χ3n) is 4.49. The Labute approximate surface area is 189 Å². The van der Waals surface area contributed by atoms with Gasteiger partial charge in [-0.3, -0.25) is 9.59 Å². The minimum atomic E-state index is -3.92. The number of rotatable bonds is 6. The molecule has 0 unspecified atom stereocenters. The summed E-state index contributed by atoms with van der Waals surface area (Å²) in [5.74, 6) is -0.760. The zero-order valence-corrected chi connectivity index (χ0v) is 18.2. The molecule has 2 aromatic heterocycles. The van der Waals surface area contributed by atoms with Crippen molar-refractivity contribution in [3.63, 3.8) is 0 Å². The Morgan fingerprint density at radius 3 is 2.39 bits per heavy atom. The van der Waals surface area contributed by atoms with Crippen molar-refractivity contribution in [1.29, 1.82) is 0 Å². The topological polar surface area (TPSA) is 136 Å². The lowest BCUT2D eigenvalue weighted by Crippen LogP contribution is -2.25. The molecule has 0 fully saturated rings. The van der Waals surface area contributed by atoms with Gasteiger partial charge in [0.2, 0.25) is 11.4 Å². The van der Waals surface area contributed by atoms with Crippen LogP contribution in [0, 0.1) is 6.92 Å². The van der Waals surface area contributed by atoms with Gasteiger partial charge >= 0.3 is 0 Å². The number of aromatic nitrogens is 4. The molecule has 0 saturated carbocycles. The van der Waals surface area contributed by atoms with Gasteiger partial charge in [-0.25, -0.2) is 27.8 Å². The number of para-hydroxylation sites is 1. The summed E-state index contributed by atoms with van der Waals surface area (Å²) in [5, 5.41) is 6.68. The van der Waals surface area contributed by atoms with Crippen molar-refractivity contribution in [2.45, 2.75) is 11.8 Å². The van der Waals surface area contributed by atoms with Gasteiger partial charge in [0.05, 0.1) is 10.6 Å². The van der Waals surface area contributed by atoms with Crippen molar-refractivity contribution in [2.75, 3.05) is 10.0 Å². The van der Waals surface area contributed by atoms with Gasteiger partial charge in [0.25, 0.3) is 15.9 Å². The summed E-state index contributed by atoms with van der Waals surface area (Å²) in [5.41, 5.74) is 0.757. The average molecular weight is 462 g/mol. The van der Waals surface area contributed by atoms with Gasteiger partial charge in [-0.05, 0) is 49.4 Å². The number of aryl methyl sites for hydroxylation is 1. The lowest BCUT2D eigenvalue weighted by atomic mass is 10.3. The maximum absolute atomic E-state index is 12.6. The second-order valence-electron chi connectivity index (χ2n) is 6.91. The van der Waals surface area contributed by atoms with Crippen LogP contribution < -0.4 is 15.5 Å². The Kier molecular flexibility index (Phi) is 5.96. The number of hydrogen-bond donors (Lipinski definition) is 2. The molecule has 0 bridgehead atoms. The Hall–Kier alpha value is -4.38. The van der Waals surface area contributed by atoms with Gasteiger partial charge in [-0.15, -0.1) is 0 Å². The first-order valence-electron chi connectivity index (χ1n) is 9.71. The molecule has 0 atom stereocenters. The van der Waals surface area contributed by atoms with Crippen molar-refractivity contribution >= 4 is 27.6 Å². The molecule has 0 aliphatic carbocycles. The fourth-order valence-electron chi connectivity index (χ4n) is 2.87. The van der Waals surface area contributed by atoms with Crippen molar-refractivity contribution in [3.8, 4) is 5.69 Å². The highest BCUT2D eigenvalue weighted by atomic mass is 32.2. The first-order chi connectivity index (χ1) is 15.8. The zero-order valence-electron chi connectivity index (χ0n) is 17.3. The molecule has 0 radical (unpaired) electrons. The minimum absolute atomic E-state index is 0.0442. The summed E-state index contributed by atoms with van der Waals surface area (Å²) in [6.07, 6.45) is 2.92. The third-order valence-corrected chi connectivity index (χ3v) is 5.83. The first-order valence-corrected chi connectivity index (χ1v) is 11.2. The van der Waals surface area contributed by atoms with Crippen molar-refractivity contribution in [3.05, 3.63) is 101 Å². The van der Waals surface area contributed by atoms with E-state index in [-0.39, 0.29) is 16.5 Å². The molecular weight excluding hydrogens is 444 g/mol. The molecule has 33 heavy (non-hydrogen) atoms. The van der Waals surface area contributed by atoms with E-state index in [0.29, 0.717) is 17.1 Å². The Balaban J connectivity index is 1.51. The molecule has 0 spiro atoms. The van der Waals surface area contributed by atoms with Crippen molar-refractivity contribution in [2.24, 2.45) is 0 Å². The summed E-state index contributed by atoms with van der Waals surface area (Å²) in [6.45, 7) is 1.72. The average Bonchev–Trinajstić information content (AvgIpc) is 2.80. The van der Waals surface area contributed by atoms with E-state index in [2.05, 4.69) is 25.1 Å². The smallest absolute Gasteiger partial charge is 0.280 e. The van der Waals surface area contributed by atoms with Crippen LogP contribution in [0.3, 0.4) is 0 Å². The number of amides is 1. The number of anilines is 2. The van der Waals surface area contributed by atoms with Crippen LogP contribution in [0.4, 0.5) is 11.6 Å². The van der Waals surface area contributed by atoms with Crippen LogP contribution in [-0.4, -0.2) is 34.1 Å². The maximum Gasteiger partial charge on any atom is 0.280 e. The largest absolute Gasteiger partial charge is 0.320 e. The number of benzene rings is 2. The quantitative estimate of drug-likeness (QED) is 0.449. The summed E-state index contributed by atoms with van der Waals surface area (Å²) in [6, 6.07) is 17.4. The summed E-state index contributed by atoms with van der Waals surface area (Å²) >= 11 is 0. The SMILES string of the molecule is Cc1ccnc(NS(=O)(=O)c2ccc(NC(=O)c3nn(-c4ccccc4)ccc3=O)cc2)n1. The van der Waals surface area contributed by atoms with Crippen LogP contribution in [-0.2, 0) is 10.0 Å². The third kappa shape index (κ3) is 5.10. The van der Waals surface area contributed by atoms with E-state index >= 15 is 0 Å². The number of carbonyl (C=O) groups is 1. The Bertz CT molecular complexity index is 1470. The lowest BCUT2D eigenvalue weighted by Gasteiger charge is -2.09. The lowest BCUT2D eigenvalue weighted by molar-refractivity contribution is 0.101. The highest BCUT2D eigenvalue weighted by Gasteiger charge is 2.17. The van der Waals surface area contributed by atoms with Crippen molar-refractivity contribution in [1.82, 2.24) is 19.7 Å². The normalized spacial score (nSPS) is 11.1. The van der Waals surface area contributed by atoms with Gasteiger partial charge < -0.3 is 5.32 Å². The molecule has 166 valence electrons. The van der Waals surface area contributed by atoms with E-state index in [9.17, 15) is 18.0 Å². The molecular formula is C22H18N6O4S. The predicted octanol–water partition coefficient (Wildman–Crippen LogP) is 2.38. The molecule has 4 rings (SSSR count). The standard InChI is InChI=1S/C22H18N6O4S/c1-15-11-13-23-22(24-15)27-33(31,32)18-9-7-16(8-10-18)25-21(30)20-19(29)12-14-28(26-20)17-5-3-2-4-6-17/h2-14H,1H3,(H,25,30)(H,23,24,27). The van der Waals surface area contributed by atoms with Crippen molar-refractivity contribution < 1.29 is 13.2 Å². The van der Waals surface area contributed by atoms with E-state index in [1.807, 2.05) is 18.2 Å². The predicted molar refractivity (Wildman–Crippen MR) is 122 cm³/mol. The molecule has 11 heteroatoms. The Morgan fingerprint density at radius 1 is 0.970 bits per heavy atom. The van der Waals surface area contributed by atoms with E-state index < -0.39 is 21.4 Å². The summed E-state index contributed by atoms with van der Waals surface area (Å²) in [7, 11) is -3.92.